The number of nitrogen functional groups attached to an aromatic ring is 1. The molecule has 0 unspecified atom stereocenters. The number of hydrogen-bond donors (Lipinski definition) is 1. The van der Waals surface area contributed by atoms with Crippen LogP contribution in [0.4, 0.5) is 5.69 Å². The van der Waals surface area contributed by atoms with Crippen molar-refractivity contribution in [2.24, 2.45) is 0 Å². The van der Waals surface area contributed by atoms with Gasteiger partial charge in [0, 0.05) is 12.3 Å². The molecule has 0 aromatic heterocycles. The predicted molar refractivity (Wildman–Crippen MR) is 57.1 cm³/mol. The van der Waals surface area contributed by atoms with E-state index in [9.17, 15) is 4.79 Å². The second-order valence-electron chi connectivity index (χ2n) is 3.05. The van der Waals surface area contributed by atoms with E-state index in [0.717, 1.165) is 5.56 Å². The normalized spacial score (nSPS) is 9.93. The van der Waals surface area contributed by atoms with Gasteiger partial charge in [-0.2, -0.15) is 0 Å². The SMILES string of the molecule is CCOCOC(=O)Cc1cccc(N)c1. The molecule has 4 heteroatoms. The molecule has 0 spiro atoms. The maximum atomic E-state index is 11.3. The Hall–Kier alpha value is -1.55. The summed E-state index contributed by atoms with van der Waals surface area (Å²) in [4.78, 5) is 11.3. The number of esters is 1. The third kappa shape index (κ3) is 4.46. The van der Waals surface area contributed by atoms with Crippen molar-refractivity contribution >= 4 is 11.7 Å². The van der Waals surface area contributed by atoms with Crippen molar-refractivity contribution in [3.63, 3.8) is 0 Å². The molecule has 0 aliphatic rings. The third-order valence-corrected chi connectivity index (χ3v) is 1.81. The highest BCUT2D eigenvalue weighted by molar-refractivity contribution is 5.72. The van der Waals surface area contributed by atoms with Crippen LogP contribution < -0.4 is 5.73 Å². The molecule has 1 aromatic rings. The van der Waals surface area contributed by atoms with Crippen LogP contribution in [0, 0.1) is 0 Å². The first-order chi connectivity index (χ1) is 7.22. The number of hydrogen-bond acceptors (Lipinski definition) is 4. The minimum absolute atomic E-state index is 0.0116. The molecule has 82 valence electrons. The van der Waals surface area contributed by atoms with Crippen LogP contribution in [0.1, 0.15) is 12.5 Å². The zero-order valence-corrected chi connectivity index (χ0v) is 8.73. The molecule has 15 heavy (non-hydrogen) atoms. The van der Waals surface area contributed by atoms with Crippen LogP contribution in [-0.2, 0) is 20.7 Å². The van der Waals surface area contributed by atoms with E-state index in [2.05, 4.69) is 0 Å². The van der Waals surface area contributed by atoms with Crippen LogP contribution in [-0.4, -0.2) is 19.4 Å². The monoisotopic (exact) mass is 209 g/mol. The van der Waals surface area contributed by atoms with Crippen LogP contribution in [0.2, 0.25) is 0 Å². The molecule has 0 atom stereocenters. The number of carbonyl (C=O) groups is 1. The first-order valence-corrected chi connectivity index (χ1v) is 4.80. The minimum Gasteiger partial charge on any atom is -0.438 e. The third-order valence-electron chi connectivity index (χ3n) is 1.81. The highest BCUT2D eigenvalue weighted by Crippen LogP contribution is 2.07. The van der Waals surface area contributed by atoms with E-state index in [1.165, 1.54) is 0 Å². The standard InChI is InChI=1S/C11H15NO3/c1-2-14-8-15-11(13)7-9-4-3-5-10(12)6-9/h3-6H,2,7-8,12H2,1H3. The fourth-order valence-electron chi connectivity index (χ4n) is 1.11. The number of ether oxygens (including phenoxy) is 2. The molecule has 0 aliphatic carbocycles. The Kier molecular flexibility index (Phi) is 4.63. The molecule has 0 fully saturated rings. The van der Waals surface area contributed by atoms with Crippen LogP contribution in [0.15, 0.2) is 24.3 Å². The van der Waals surface area contributed by atoms with Gasteiger partial charge in [-0.25, -0.2) is 0 Å². The van der Waals surface area contributed by atoms with Crippen molar-refractivity contribution in [2.75, 3.05) is 19.1 Å². The summed E-state index contributed by atoms with van der Waals surface area (Å²) in [5.41, 5.74) is 7.07. The summed E-state index contributed by atoms with van der Waals surface area (Å²) in [5, 5.41) is 0. The van der Waals surface area contributed by atoms with E-state index in [-0.39, 0.29) is 19.2 Å². The molecule has 0 saturated carbocycles. The lowest BCUT2D eigenvalue weighted by atomic mass is 10.1. The Morgan fingerprint density at radius 1 is 1.47 bits per heavy atom. The van der Waals surface area contributed by atoms with Gasteiger partial charge in [-0.05, 0) is 24.6 Å². The molecule has 0 heterocycles. The summed E-state index contributed by atoms with van der Waals surface area (Å²) in [6.45, 7) is 2.38. The number of carbonyl (C=O) groups excluding carboxylic acids is 1. The van der Waals surface area contributed by atoms with Crippen LogP contribution in [0.5, 0.6) is 0 Å². The summed E-state index contributed by atoms with van der Waals surface area (Å²) in [6.07, 6.45) is 0.220. The summed E-state index contributed by atoms with van der Waals surface area (Å²) in [5.74, 6) is -0.311. The minimum atomic E-state index is -0.311. The molecule has 4 nitrogen and oxygen atoms in total. The van der Waals surface area contributed by atoms with Crippen LogP contribution in [0.3, 0.4) is 0 Å². The Bertz CT molecular complexity index is 325. The predicted octanol–water partition coefficient (Wildman–Crippen LogP) is 1.35. The van der Waals surface area contributed by atoms with Gasteiger partial charge in [-0.1, -0.05) is 12.1 Å². The van der Waals surface area contributed by atoms with Gasteiger partial charge in [0.15, 0.2) is 6.79 Å². The van der Waals surface area contributed by atoms with Gasteiger partial charge in [0.2, 0.25) is 0 Å². The molecule has 0 saturated heterocycles. The number of anilines is 1. The molecule has 0 bridgehead atoms. The number of benzene rings is 1. The summed E-state index contributed by atoms with van der Waals surface area (Å²) < 4.78 is 9.72. The van der Waals surface area contributed by atoms with E-state index < -0.39 is 0 Å². The zero-order chi connectivity index (χ0) is 11.1. The maximum absolute atomic E-state index is 11.3. The number of nitrogens with two attached hydrogens (primary N) is 1. The highest BCUT2D eigenvalue weighted by Gasteiger charge is 2.04. The summed E-state index contributed by atoms with van der Waals surface area (Å²) in [7, 11) is 0. The molecular formula is C11H15NO3. The molecule has 1 aromatic carbocycles. The smallest absolute Gasteiger partial charge is 0.312 e. The van der Waals surface area contributed by atoms with E-state index >= 15 is 0 Å². The Balaban J connectivity index is 2.37. The fraction of sp³-hybridized carbons (Fsp3) is 0.364. The average molecular weight is 209 g/mol. The van der Waals surface area contributed by atoms with Crippen LogP contribution >= 0.6 is 0 Å². The first kappa shape index (κ1) is 11.5. The van der Waals surface area contributed by atoms with Gasteiger partial charge >= 0.3 is 5.97 Å². The molecule has 0 radical (unpaired) electrons. The average Bonchev–Trinajstić information content (AvgIpc) is 2.18. The van der Waals surface area contributed by atoms with Gasteiger partial charge in [0.25, 0.3) is 0 Å². The van der Waals surface area contributed by atoms with Crippen molar-refractivity contribution < 1.29 is 14.3 Å². The van der Waals surface area contributed by atoms with E-state index in [1.807, 2.05) is 13.0 Å². The molecule has 0 aliphatic heterocycles. The largest absolute Gasteiger partial charge is 0.438 e. The first-order valence-electron chi connectivity index (χ1n) is 4.80. The van der Waals surface area contributed by atoms with Gasteiger partial charge in [-0.3, -0.25) is 4.79 Å². The van der Waals surface area contributed by atoms with Gasteiger partial charge < -0.3 is 15.2 Å². The Morgan fingerprint density at radius 3 is 2.93 bits per heavy atom. The van der Waals surface area contributed by atoms with Gasteiger partial charge in [0.1, 0.15) is 0 Å². The van der Waals surface area contributed by atoms with E-state index in [0.29, 0.717) is 12.3 Å². The van der Waals surface area contributed by atoms with Crippen molar-refractivity contribution in [3.8, 4) is 0 Å². The second kappa shape index (κ2) is 6.03. The highest BCUT2D eigenvalue weighted by atomic mass is 16.7. The summed E-state index contributed by atoms with van der Waals surface area (Å²) >= 11 is 0. The zero-order valence-electron chi connectivity index (χ0n) is 8.73. The Labute approximate surface area is 89.0 Å². The lowest BCUT2D eigenvalue weighted by Gasteiger charge is -2.04. The van der Waals surface area contributed by atoms with Crippen molar-refractivity contribution in [1.82, 2.24) is 0 Å². The number of rotatable bonds is 5. The van der Waals surface area contributed by atoms with Crippen LogP contribution in [0.25, 0.3) is 0 Å². The second-order valence-corrected chi connectivity index (χ2v) is 3.05. The molecule has 2 N–H and O–H groups in total. The molecule has 0 amide bonds. The van der Waals surface area contributed by atoms with Crippen molar-refractivity contribution in [2.45, 2.75) is 13.3 Å². The van der Waals surface area contributed by atoms with Crippen molar-refractivity contribution in [3.05, 3.63) is 29.8 Å². The molecular weight excluding hydrogens is 194 g/mol. The summed E-state index contributed by atoms with van der Waals surface area (Å²) in [6, 6.07) is 7.16. The Morgan fingerprint density at radius 2 is 2.27 bits per heavy atom. The van der Waals surface area contributed by atoms with E-state index in [1.54, 1.807) is 18.2 Å². The fourth-order valence-corrected chi connectivity index (χ4v) is 1.11. The quantitative estimate of drug-likeness (QED) is 0.344. The van der Waals surface area contributed by atoms with Gasteiger partial charge in [0.05, 0.1) is 6.42 Å². The lowest BCUT2D eigenvalue weighted by molar-refractivity contribution is -0.154. The van der Waals surface area contributed by atoms with Crippen molar-refractivity contribution in [1.29, 1.82) is 0 Å². The maximum Gasteiger partial charge on any atom is 0.312 e. The topological polar surface area (TPSA) is 61.5 Å². The van der Waals surface area contributed by atoms with E-state index in [4.69, 9.17) is 15.2 Å². The molecule has 1 rings (SSSR count). The lowest BCUT2D eigenvalue weighted by Crippen LogP contribution is -2.11. The van der Waals surface area contributed by atoms with Gasteiger partial charge in [-0.15, -0.1) is 0 Å².